The highest BCUT2D eigenvalue weighted by Gasteiger charge is 2.28. The molecule has 1 aliphatic rings. The summed E-state index contributed by atoms with van der Waals surface area (Å²) < 4.78 is 1.78. The van der Waals surface area contributed by atoms with Crippen LogP contribution in [-0.4, -0.2) is 20.9 Å². The summed E-state index contributed by atoms with van der Waals surface area (Å²) in [6, 6.07) is 0. The molecule has 1 fully saturated rings. The van der Waals surface area contributed by atoms with E-state index >= 15 is 0 Å². The van der Waals surface area contributed by atoms with Crippen molar-refractivity contribution < 1.29 is 9.90 Å². The first-order valence-corrected chi connectivity index (χ1v) is 6.23. The molecule has 1 N–H and O–H groups in total. The molecule has 0 spiro atoms. The second kappa shape index (κ2) is 4.17. The maximum absolute atomic E-state index is 11.3. The lowest BCUT2D eigenvalue weighted by Crippen LogP contribution is -2.22. The van der Waals surface area contributed by atoms with Crippen LogP contribution in [0.2, 0.25) is 0 Å². The van der Waals surface area contributed by atoms with Crippen molar-refractivity contribution >= 4 is 5.97 Å². The van der Waals surface area contributed by atoms with Crippen LogP contribution in [0, 0.1) is 0 Å². The van der Waals surface area contributed by atoms with Crippen LogP contribution in [0.25, 0.3) is 0 Å². The Morgan fingerprint density at radius 1 is 1.41 bits per heavy atom. The van der Waals surface area contributed by atoms with Crippen LogP contribution in [0.5, 0.6) is 0 Å². The molecule has 17 heavy (non-hydrogen) atoms. The Hall–Kier alpha value is -1.32. The molecule has 1 heterocycles. The average Bonchev–Trinajstić information content (AvgIpc) is 2.85. The minimum absolute atomic E-state index is 0.166. The van der Waals surface area contributed by atoms with Crippen LogP contribution in [0.1, 0.15) is 68.4 Å². The van der Waals surface area contributed by atoms with Gasteiger partial charge in [-0.05, 0) is 33.6 Å². The Kier molecular flexibility index (Phi) is 2.98. The molecule has 2 rings (SSSR count). The van der Waals surface area contributed by atoms with Crippen molar-refractivity contribution in [2.75, 3.05) is 0 Å². The summed E-state index contributed by atoms with van der Waals surface area (Å²) >= 11 is 0. The zero-order valence-corrected chi connectivity index (χ0v) is 10.7. The Bertz CT molecular complexity index is 423. The van der Waals surface area contributed by atoms with Crippen molar-refractivity contribution in [3.63, 3.8) is 0 Å². The van der Waals surface area contributed by atoms with E-state index in [9.17, 15) is 9.90 Å². The standard InChI is InChI=1S/C13H20N2O2/c1-13(2,3)15-8-10(12(16)17)11(14-15)9-6-4-5-7-9/h8-9H,4-7H2,1-3H3,(H,16,17). The van der Waals surface area contributed by atoms with E-state index in [1.54, 1.807) is 10.9 Å². The molecule has 0 bridgehead atoms. The summed E-state index contributed by atoms with van der Waals surface area (Å²) in [4.78, 5) is 11.3. The first-order valence-electron chi connectivity index (χ1n) is 6.23. The molecule has 94 valence electrons. The second-order valence-electron chi connectivity index (χ2n) is 5.83. The lowest BCUT2D eigenvalue weighted by atomic mass is 10.0. The highest BCUT2D eigenvalue weighted by molar-refractivity contribution is 5.88. The monoisotopic (exact) mass is 236 g/mol. The van der Waals surface area contributed by atoms with Crippen molar-refractivity contribution in [1.82, 2.24) is 9.78 Å². The smallest absolute Gasteiger partial charge is 0.339 e. The van der Waals surface area contributed by atoms with Crippen LogP contribution in [-0.2, 0) is 5.54 Å². The number of hydrogen-bond donors (Lipinski definition) is 1. The number of carbonyl (C=O) groups is 1. The lowest BCUT2D eigenvalue weighted by Gasteiger charge is -2.19. The van der Waals surface area contributed by atoms with Gasteiger partial charge in [0.2, 0.25) is 0 Å². The molecule has 1 saturated carbocycles. The topological polar surface area (TPSA) is 55.1 Å². The normalized spacial score (nSPS) is 17.6. The van der Waals surface area contributed by atoms with E-state index in [4.69, 9.17) is 0 Å². The molecule has 0 unspecified atom stereocenters. The third-order valence-corrected chi connectivity index (χ3v) is 3.40. The molecule has 1 aliphatic carbocycles. The fraction of sp³-hybridized carbons (Fsp3) is 0.692. The number of rotatable bonds is 2. The van der Waals surface area contributed by atoms with E-state index in [1.165, 1.54) is 12.8 Å². The van der Waals surface area contributed by atoms with Crippen LogP contribution in [0.15, 0.2) is 6.20 Å². The van der Waals surface area contributed by atoms with Crippen LogP contribution < -0.4 is 0 Å². The van der Waals surface area contributed by atoms with Crippen LogP contribution >= 0.6 is 0 Å². The third kappa shape index (κ3) is 2.35. The molecular formula is C13H20N2O2. The third-order valence-electron chi connectivity index (χ3n) is 3.40. The Balaban J connectivity index is 2.42. The number of hydrogen-bond acceptors (Lipinski definition) is 2. The number of aromatic carboxylic acids is 1. The van der Waals surface area contributed by atoms with E-state index in [0.717, 1.165) is 18.5 Å². The van der Waals surface area contributed by atoms with Gasteiger partial charge in [-0.2, -0.15) is 5.10 Å². The van der Waals surface area contributed by atoms with Crippen LogP contribution in [0.3, 0.4) is 0 Å². The van der Waals surface area contributed by atoms with Gasteiger partial charge in [0, 0.05) is 12.1 Å². The number of aromatic nitrogens is 2. The average molecular weight is 236 g/mol. The number of carboxylic acids is 1. The van der Waals surface area contributed by atoms with Gasteiger partial charge in [-0.15, -0.1) is 0 Å². The Morgan fingerprint density at radius 3 is 2.47 bits per heavy atom. The van der Waals surface area contributed by atoms with Crippen molar-refractivity contribution in [1.29, 1.82) is 0 Å². The quantitative estimate of drug-likeness (QED) is 0.858. The summed E-state index contributed by atoms with van der Waals surface area (Å²) in [5.74, 6) is -0.521. The highest BCUT2D eigenvalue weighted by atomic mass is 16.4. The van der Waals surface area contributed by atoms with Gasteiger partial charge in [0.25, 0.3) is 0 Å². The van der Waals surface area contributed by atoms with Gasteiger partial charge >= 0.3 is 5.97 Å². The fourth-order valence-electron chi connectivity index (χ4n) is 2.40. The zero-order chi connectivity index (χ0) is 12.6. The minimum Gasteiger partial charge on any atom is -0.478 e. The largest absolute Gasteiger partial charge is 0.478 e. The number of carboxylic acid groups (broad SMARTS) is 1. The Labute approximate surface area is 102 Å². The molecule has 0 amide bonds. The number of nitrogens with zero attached hydrogens (tertiary/aromatic N) is 2. The fourth-order valence-corrected chi connectivity index (χ4v) is 2.40. The molecule has 0 saturated heterocycles. The van der Waals surface area contributed by atoms with Gasteiger partial charge < -0.3 is 5.11 Å². The van der Waals surface area contributed by atoms with Crippen molar-refractivity contribution in [2.45, 2.75) is 57.9 Å². The van der Waals surface area contributed by atoms with Gasteiger partial charge in [0.05, 0.1) is 11.2 Å². The highest BCUT2D eigenvalue weighted by Crippen LogP contribution is 2.35. The zero-order valence-electron chi connectivity index (χ0n) is 10.7. The van der Waals surface area contributed by atoms with E-state index in [2.05, 4.69) is 5.10 Å². The maximum atomic E-state index is 11.3. The van der Waals surface area contributed by atoms with E-state index < -0.39 is 5.97 Å². The van der Waals surface area contributed by atoms with Crippen molar-refractivity contribution in [3.05, 3.63) is 17.5 Å². The van der Waals surface area contributed by atoms with E-state index in [1.807, 2.05) is 20.8 Å². The van der Waals surface area contributed by atoms with E-state index in [0.29, 0.717) is 11.5 Å². The first kappa shape index (κ1) is 12.1. The maximum Gasteiger partial charge on any atom is 0.339 e. The first-order chi connectivity index (χ1) is 7.89. The van der Waals surface area contributed by atoms with Crippen molar-refractivity contribution in [2.24, 2.45) is 0 Å². The van der Waals surface area contributed by atoms with E-state index in [-0.39, 0.29) is 5.54 Å². The summed E-state index contributed by atoms with van der Waals surface area (Å²) in [5.41, 5.74) is 0.998. The minimum atomic E-state index is -0.859. The van der Waals surface area contributed by atoms with Gasteiger partial charge in [-0.25, -0.2) is 4.79 Å². The van der Waals surface area contributed by atoms with Gasteiger partial charge in [-0.3, -0.25) is 4.68 Å². The predicted molar refractivity (Wildman–Crippen MR) is 65.4 cm³/mol. The molecule has 0 atom stereocenters. The molecule has 1 aromatic rings. The summed E-state index contributed by atoms with van der Waals surface area (Å²) in [7, 11) is 0. The van der Waals surface area contributed by atoms with Crippen LogP contribution in [0.4, 0.5) is 0 Å². The van der Waals surface area contributed by atoms with Gasteiger partial charge in [0.15, 0.2) is 0 Å². The SMILES string of the molecule is CC(C)(C)n1cc(C(=O)O)c(C2CCCC2)n1. The summed E-state index contributed by atoms with van der Waals surface area (Å²) in [6.45, 7) is 6.10. The Morgan fingerprint density at radius 2 is 2.00 bits per heavy atom. The second-order valence-corrected chi connectivity index (χ2v) is 5.83. The molecule has 1 aromatic heterocycles. The molecule has 0 radical (unpaired) electrons. The molecular weight excluding hydrogens is 216 g/mol. The molecule has 4 heteroatoms. The summed E-state index contributed by atoms with van der Waals surface area (Å²) in [6.07, 6.45) is 6.19. The molecule has 0 aliphatic heterocycles. The van der Waals surface area contributed by atoms with Gasteiger partial charge in [-0.1, -0.05) is 12.8 Å². The predicted octanol–water partition coefficient (Wildman–Crippen LogP) is 2.99. The van der Waals surface area contributed by atoms with Gasteiger partial charge in [0.1, 0.15) is 5.56 Å². The summed E-state index contributed by atoms with van der Waals surface area (Å²) in [5, 5.41) is 13.8. The lowest BCUT2D eigenvalue weighted by molar-refractivity contribution is 0.0695. The van der Waals surface area contributed by atoms with Crippen molar-refractivity contribution in [3.8, 4) is 0 Å². The molecule has 0 aromatic carbocycles. The molecule has 4 nitrogen and oxygen atoms in total.